The Morgan fingerprint density at radius 2 is 1.88 bits per heavy atom. The zero-order valence-electron chi connectivity index (χ0n) is 19.7. The summed E-state index contributed by atoms with van der Waals surface area (Å²) in [7, 11) is 1.71. The van der Waals surface area contributed by atoms with Gasteiger partial charge in [-0.05, 0) is 82.1 Å². The number of benzene rings is 1. The van der Waals surface area contributed by atoms with Crippen LogP contribution in [0.25, 0.3) is 16.8 Å². The Balaban J connectivity index is 0.00000245. The van der Waals surface area contributed by atoms with Crippen molar-refractivity contribution in [2.24, 2.45) is 5.92 Å². The van der Waals surface area contributed by atoms with Gasteiger partial charge in [-0.3, -0.25) is 0 Å². The van der Waals surface area contributed by atoms with Gasteiger partial charge >= 0.3 is 0 Å². The normalized spacial score (nSPS) is 17.1. The summed E-state index contributed by atoms with van der Waals surface area (Å²) in [6.07, 6.45) is 10.1. The van der Waals surface area contributed by atoms with E-state index in [-0.39, 0.29) is 12.4 Å². The van der Waals surface area contributed by atoms with Gasteiger partial charge in [0.05, 0.1) is 12.8 Å². The van der Waals surface area contributed by atoms with Crippen molar-refractivity contribution in [3.8, 4) is 16.9 Å². The fourth-order valence-electron chi connectivity index (χ4n) is 5.61. The monoisotopic (exact) mass is 454 g/mol. The minimum atomic E-state index is 0. The molecule has 2 aromatic heterocycles. The van der Waals surface area contributed by atoms with Gasteiger partial charge in [0.25, 0.3) is 0 Å². The third-order valence-electron chi connectivity index (χ3n) is 7.39. The van der Waals surface area contributed by atoms with E-state index in [0.717, 1.165) is 41.4 Å². The molecule has 0 spiro atoms. The predicted octanol–water partition coefficient (Wildman–Crippen LogP) is 6.31. The minimum Gasteiger partial charge on any atom is -0.497 e. The minimum absolute atomic E-state index is 0. The van der Waals surface area contributed by atoms with E-state index in [1.54, 1.807) is 7.11 Å². The van der Waals surface area contributed by atoms with Gasteiger partial charge in [-0.25, -0.2) is 4.98 Å². The quantitative estimate of drug-likeness (QED) is 0.490. The summed E-state index contributed by atoms with van der Waals surface area (Å²) in [6, 6.07) is 6.72. The molecule has 1 unspecified atom stereocenters. The maximum atomic E-state index is 5.42. The van der Waals surface area contributed by atoms with Crippen molar-refractivity contribution in [1.82, 2.24) is 14.6 Å². The lowest BCUT2D eigenvalue weighted by Crippen LogP contribution is -2.29. The van der Waals surface area contributed by atoms with Crippen LogP contribution in [0.4, 0.5) is 5.82 Å². The molecule has 1 fully saturated rings. The third-order valence-corrected chi connectivity index (χ3v) is 7.39. The number of nitrogens with zero attached hydrogens (tertiary/aromatic N) is 3. The Kier molecular flexibility index (Phi) is 6.66. The molecule has 0 radical (unpaired) electrons. The SMILES string of the molecule is COc1ccc(-c2c(C)nn3c(NC(C)C4CCCCC4)c4c(nc23)CCC4)c(C)c1.Cl. The van der Waals surface area contributed by atoms with Gasteiger partial charge in [0.15, 0.2) is 5.65 Å². The molecule has 0 saturated heterocycles. The van der Waals surface area contributed by atoms with Crippen LogP contribution in [0.3, 0.4) is 0 Å². The maximum Gasteiger partial charge on any atom is 0.165 e. The second-order valence-corrected chi connectivity index (χ2v) is 9.45. The fraction of sp³-hybridized carbons (Fsp3) is 0.538. The van der Waals surface area contributed by atoms with Crippen molar-refractivity contribution in [3.63, 3.8) is 0 Å². The highest BCUT2D eigenvalue weighted by Gasteiger charge is 2.27. The van der Waals surface area contributed by atoms with Crippen molar-refractivity contribution in [3.05, 3.63) is 40.7 Å². The number of halogens is 1. The molecule has 1 aromatic carbocycles. The van der Waals surface area contributed by atoms with Crippen molar-refractivity contribution >= 4 is 23.9 Å². The smallest absolute Gasteiger partial charge is 0.165 e. The van der Waals surface area contributed by atoms with Gasteiger partial charge in [0.1, 0.15) is 11.6 Å². The first kappa shape index (κ1) is 22.9. The molecule has 1 atom stereocenters. The molecule has 32 heavy (non-hydrogen) atoms. The molecule has 0 amide bonds. The molecule has 2 heterocycles. The number of methoxy groups -OCH3 is 1. The average molecular weight is 455 g/mol. The zero-order valence-corrected chi connectivity index (χ0v) is 20.5. The van der Waals surface area contributed by atoms with E-state index in [2.05, 4.69) is 42.7 Å². The summed E-state index contributed by atoms with van der Waals surface area (Å²) in [5.41, 5.74) is 8.13. The molecule has 172 valence electrons. The molecular formula is C26H35ClN4O. The van der Waals surface area contributed by atoms with Crippen LogP contribution in [0.5, 0.6) is 5.75 Å². The fourth-order valence-corrected chi connectivity index (χ4v) is 5.61. The standard InChI is InChI=1S/C26H34N4O.ClH/c1-16-15-20(31-4)13-14-21(16)24-18(3)29-30-25(22-11-8-12-23(22)28-26(24)30)27-17(2)19-9-6-5-7-10-19;/h13-15,17,19,27H,5-12H2,1-4H3;1H. The lowest BCUT2D eigenvalue weighted by atomic mass is 9.84. The molecule has 2 aliphatic rings. The van der Waals surface area contributed by atoms with E-state index in [1.807, 2.05) is 6.07 Å². The van der Waals surface area contributed by atoms with Crippen LogP contribution in [0.2, 0.25) is 0 Å². The number of anilines is 1. The highest BCUT2D eigenvalue weighted by Crippen LogP contribution is 2.37. The van der Waals surface area contributed by atoms with Crippen LogP contribution in [-0.2, 0) is 12.8 Å². The van der Waals surface area contributed by atoms with E-state index in [4.69, 9.17) is 14.8 Å². The van der Waals surface area contributed by atoms with Crippen LogP contribution < -0.4 is 10.1 Å². The lowest BCUT2D eigenvalue weighted by Gasteiger charge is -2.29. The van der Waals surface area contributed by atoms with Gasteiger partial charge in [-0.15, -0.1) is 12.4 Å². The van der Waals surface area contributed by atoms with Gasteiger partial charge < -0.3 is 10.1 Å². The molecule has 2 aliphatic carbocycles. The molecule has 3 aromatic rings. The predicted molar refractivity (Wildman–Crippen MR) is 133 cm³/mol. The first-order valence-corrected chi connectivity index (χ1v) is 11.9. The van der Waals surface area contributed by atoms with Crippen LogP contribution in [0, 0.1) is 19.8 Å². The number of nitrogens with one attached hydrogen (secondary N) is 1. The van der Waals surface area contributed by atoms with Gasteiger partial charge in [0.2, 0.25) is 0 Å². The second-order valence-electron chi connectivity index (χ2n) is 9.45. The molecule has 1 N–H and O–H groups in total. The summed E-state index contributed by atoms with van der Waals surface area (Å²) < 4.78 is 7.51. The summed E-state index contributed by atoms with van der Waals surface area (Å²) in [5, 5.41) is 8.93. The molecule has 5 nitrogen and oxygen atoms in total. The summed E-state index contributed by atoms with van der Waals surface area (Å²) in [6.45, 7) is 6.60. The molecule has 0 bridgehead atoms. The van der Waals surface area contributed by atoms with Gasteiger partial charge in [-0.2, -0.15) is 9.61 Å². The Morgan fingerprint density at radius 3 is 2.59 bits per heavy atom. The Hall–Kier alpha value is -2.27. The number of ether oxygens (including phenoxy) is 1. The van der Waals surface area contributed by atoms with Crippen molar-refractivity contribution in [2.45, 2.75) is 78.2 Å². The maximum absolute atomic E-state index is 5.42. The van der Waals surface area contributed by atoms with E-state index in [0.29, 0.717) is 6.04 Å². The summed E-state index contributed by atoms with van der Waals surface area (Å²) in [4.78, 5) is 5.15. The third kappa shape index (κ3) is 3.96. The molecule has 6 heteroatoms. The highest BCUT2D eigenvalue weighted by atomic mass is 35.5. The average Bonchev–Trinajstić information content (AvgIpc) is 3.38. The number of aromatic nitrogens is 3. The van der Waals surface area contributed by atoms with Crippen LogP contribution in [-0.4, -0.2) is 27.7 Å². The molecule has 5 rings (SSSR count). The van der Waals surface area contributed by atoms with E-state index in [1.165, 1.54) is 66.7 Å². The number of hydrogen-bond acceptors (Lipinski definition) is 4. The first-order chi connectivity index (χ1) is 15.1. The van der Waals surface area contributed by atoms with Gasteiger partial charge in [-0.1, -0.05) is 25.3 Å². The van der Waals surface area contributed by atoms with Crippen molar-refractivity contribution in [1.29, 1.82) is 0 Å². The number of hydrogen-bond donors (Lipinski definition) is 1. The second kappa shape index (κ2) is 9.30. The largest absolute Gasteiger partial charge is 0.497 e. The van der Waals surface area contributed by atoms with E-state index < -0.39 is 0 Å². The Bertz CT molecular complexity index is 1120. The Labute approximate surface area is 197 Å². The van der Waals surface area contributed by atoms with Crippen LogP contribution in [0.1, 0.15) is 68.0 Å². The molecular weight excluding hydrogens is 420 g/mol. The topological polar surface area (TPSA) is 51.5 Å². The van der Waals surface area contributed by atoms with Crippen LogP contribution >= 0.6 is 12.4 Å². The first-order valence-electron chi connectivity index (χ1n) is 11.9. The zero-order chi connectivity index (χ0) is 21.5. The highest BCUT2D eigenvalue weighted by molar-refractivity contribution is 5.85. The number of aryl methyl sites for hydroxylation is 3. The number of rotatable bonds is 5. The van der Waals surface area contributed by atoms with Crippen molar-refractivity contribution < 1.29 is 4.74 Å². The summed E-state index contributed by atoms with van der Waals surface area (Å²) >= 11 is 0. The van der Waals surface area contributed by atoms with E-state index in [9.17, 15) is 0 Å². The summed E-state index contributed by atoms with van der Waals surface area (Å²) in [5.74, 6) is 2.80. The molecule has 1 saturated carbocycles. The van der Waals surface area contributed by atoms with Crippen LogP contribution in [0.15, 0.2) is 18.2 Å². The number of fused-ring (bicyclic) bond motifs is 2. The molecule has 0 aliphatic heterocycles. The lowest BCUT2D eigenvalue weighted by molar-refractivity contribution is 0.327. The van der Waals surface area contributed by atoms with Crippen molar-refractivity contribution in [2.75, 3.05) is 12.4 Å². The van der Waals surface area contributed by atoms with E-state index >= 15 is 0 Å². The Morgan fingerprint density at radius 1 is 1.09 bits per heavy atom. The van der Waals surface area contributed by atoms with Gasteiger partial charge in [0, 0.05) is 22.9 Å².